The molecular formula is C124H100N4O2. The first-order valence-electron chi connectivity index (χ1n) is 46.2. The van der Waals surface area contributed by atoms with E-state index in [0.717, 1.165) is 133 Å². The van der Waals surface area contributed by atoms with Gasteiger partial charge in [0.25, 0.3) is 0 Å². The number of nitrogens with zero attached hydrogens (tertiary/aromatic N) is 4. The largest absolute Gasteiger partial charge is 0.456 e. The Hall–Kier alpha value is -15.2. The number of benzene rings is 20. The highest BCUT2D eigenvalue weighted by atomic mass is 16.3. The average Bonchev–Trinajstić information content (AvgIpc) is 0.730. The zero-order valence-electron chi connectivity index (χ0n) is 74.7. The maximum Gasteiger partial charge on any atom is 0.136 e. The minimum absolute atomic E-state index is 0.0466. The van der Waals surface area contributed by atoms with Crippen molar-refractivity contribution in [1.82, 2.24) is 0 Å². The summed E-state index contributed by atoms with van der Waals surface area (Å²) in [6, 6.07) is 146. The van der Waals surface area contributed by atoms with Gasteiger partial charge in [-0.15, -0.1) is 0 Å². The molecule has 0 amide bonds. The summed E-state index contributed by atoms with van der Waals surface area (Å²) in [5, 5.41) is 18.3. The van der Waals surface area contributed by atoms with Crippen molar-refractivity contribution in [2.75, 3.05) is 19.6 Å². The first-order valence-corrected chi connectivity index (χ1v) is 46.2. The molecule has 0 spiro atoms. The van der Waals surface area contributed by atoms with Gasteiger partial charge in [-0.2, -0.15) is 0 Å². The highest BCUT2D eigenvalue weighted by molar-refractivity contribution is 6.32. The summed E-state index contributed by atoms with van der Waals surface area (Å²) in [4.78, 5) is 9.67. The minimum atomic E-state index is -0.0582. The molecule has 0 fully saturated rings. The predicted molar refractivity (Wildman–Crippen MR) is 551 cm³/mol. The summed E-state index contributed by atoms with van der Waals surface area (Å²) in [5.74, 6) is 2.33. The van der Waals surface area contributed by atoms with Crippen molar-refractivity contribution >= 4 is 155 Å². The van der Waals surface area contributed by atoms with Gasteiger partial charge in [-0.3, -0.25) is 0 Å². The normalized spacial score (nSPS) is 13.4. The van der Waals surface area contributed by atoms with E-state index in [0.29, 0.717) is 5.92 Å². The number of aryl methyl sites for hydroxylation is 2. The maximum atomic E-state index is 6.67. The van der Waals surface area contributed by atoms with Crippen molar-refractivity contribution in [1.29, 1.82) is 0 Å². The average molecular weight is 1680 g/mol. The lowest BCUT2D eigenvalue weighted by Crippen LogP contribution is -2.24. The van der Waals surface area contributed by atoms with Gasteiger partial charge in [0, 0.05) is 83.6 Å². The van der Waals surface area contributed by atoms with Crippen molar-refractivity contribution in [2.24, 2.45) is 0 Å². The van der Waals surface area contributed by atoms with Gasteiger partial charge < -0.3 is 28.4 Å². The number of fused-ring (bicyclic) bond motifs is 2. The summed E-state index contributed by atoms with van der Waals surface area (Å²) < 4.78 is 13.3. The Morgan fingerprint density at radius 3 is 0.977 bits per heavy atom. The SMILES string of the molecule is CC(C)c1cc(-c2ccc(N(c3ccccc3)c3ccccc3)cc2)c2cc3c4c(cc(-c5ccc(N(c6ccccc6)c6ccccc6)cc5)c5ccc1c2c54)CCC3(C)C.CC(C)c1cc(N(c2ccccc2)c2cccc3oc(-c4ccccc4)cc23)c2cc3c4c(cc(N(c5ccccc5)c5cccc6oc(-c7ccccc7)cc56)c5ccc1c2c54)CCC3(C)C. The third kappa shape index (κ3) is 13.5. The molecule has 6 heteroatoms. The lowest BCUT2D eigenvalue weighted by Gasteiger charge is -2.37. The smallest absolute Gasteiger partial charge is 0.136 e. The van der Waals surface area contributed by atoms with Crippen LogP contribution in [0.1, 0.15) is 113 Å². The fourth-order valence-corrected chi connectivity index (χ4v) is 21.5. The van der Waals surface area contributed by atoms with E-state index in [9.17, 15) is 0 Å². The molecule has 2 aliphatic carbocycles. The molecule has 22 aromatic rings. The van der Waals surface area contributed by atoms with Gasteiger partial charge >= 0.3 is 0 Å². The van der Waals surface area contributed by atoms with E-state index >= 15 is 0 Å². The second-order valence-corrected chi connectivity index (χ2v) is 37.5. The third-order valence-electron chi connectivity index (χ3n) is 28.0. The Morgan fingerprint density at radius 1 is 0.231 bits per heavy atom. The lowest BCUT2D eigenvalue weighted by atomic mass is 9.69. The van der Waals surface area contributed by atoms with Crippen molar-refractivity contribution in [2.45, 2.75) is 104 Å². The van der Waals surface area contributed by atoms with Gasteiger partial charge in [-0.05, 0) is 322 Å². The van der Waals surface area contributed by atoms with Crippen LogP contribution in [0.5, 0.6) is 0 Å². The van der Waals surface area contributed by atoms with Crippen LogP contribution in [0.2, 0.25) is 0 Å². The van der Waals surface area contributed by atoms with E-state index in [2.05, 4.69) is 475 Å². The van der Waals surface area contributed by atoms with Crippen molar-refractivity contribution in [3.05, 3.63) is 434 Å². The Balaban J connectivity index is 0.000000149. The maximum absolute atomic E-state index is 6.67. The summed E-state index contributed by atoms with van der Waals surface area (Å²) >= 11 is 0. The molecule has 0 radical (unpaired) electrons. The van der Waals surface area contributed by atoms with Crippen LogP contribution in [-0.4, -0.2) is 0 Å². The quantitative estimate of drug-likeness (QED) is 0.0798. The van der Waals surface area contributed by atoms with Gasteiger partial charge in [-0.1, -0.05) is 286 Å². The van der Waals surface area contributed by atoms with Crippen LogP contribution in [0, 0.1) is 0 Å². The van der Waals surface area contributed by atoms with E-state index in [4.69, 9.17) is 8.83 Å². The Morgan fingerprint density at radius 2 is 0.562 bits per heavy atom. The molecule has 0 atom stereocenters. The van der Waals surface area contributed by atoms with Gasteiger partial charge in [0.05, 0.1) is 22.7 Å². The molecule has 0 bridgehead atoms. The molecule has 130 heavy (non-hydrogen) atoms. The molecule has 628 valence electrons. The van der Waals surface area contributed by atoms with E-state index < -0.39 is 0 Å². The number of hydrogen-bond acceptors (Lipinski definition) is 6. The van der Waals surface area contributed by atoms with Crippen LogP contribution >= 0.6 is 0 Å². The van der Waals surface area contributed by atoms with Crippen LogP contribution in [0.4, 0.5) is 68.2 Å². The van der Waals surface area contributed by atoms with Crippen LogP contribution < -0.4 is 19.6 Å². The molecule has 6 nitrogen and oxygen atoms in total. The monoisotopic (exact) mass is 1680 g/mol. The zero-order chi connectivity index (χ0) is 87.6. The molecule has 2 aliphatic rings. The van der Waals surface area contributed by atoms with E-state index in [1.165, 1.54) is 126 Å². The zero-order valence-corrected chi connectivity index (χ0v) is 74.7. The Bertz CT molecular complexity index is 7910. The van der Waals surface area contributed by atoms with Crippen LogP contribution in [0.15, 0.2) is 409 Å². The molecule has 0 saturated heterocycles. The van der Waals surface area contributed by atoms with E-state index in [1.54, 1.807) is 0 Å². The number of anilines is 12. The summed E-state index contributed by atoms with van der Waals surface area (Å²) in [7, 11) is 0. The molecule has 0 saturated carbocycles. The van der Waals surface area contributed by atoms with Gasteiger partial charge in [0.1, 0.15) is 22.7 Å². The molecule has 0 N–H and O–H groups in total. The molecule has 0 unspecified atom stereocenters. The standard InChI is InChI=1S/C64H50N2O2.C60H50N2/c1-40(2)48-37-56(66(45-25-15-8-16-26-45)54-28-18-30-58-50(54)39-60(68-58)42-21-11-6-12-22-42)51-36-52-61-43(33-34-64(52,3)4)35-55(47-32-31-46(48)62(51)63(47)61)65(44-23-13-7-14-24-44)53-27-17-29-57-49(53)38-59(67-57)41-19-9-5-10-20-41;1-40(2)52-38-54(42-27-31-49(32-28-42)62(46-21-13-7-14-22-46)47-23-15-8-16-24-47)55-39-56-57-43(35-36-60(56,3)4)37-53(51-34-33-50(52)58(55)59(51)57)41-25-29-48(30-26-41)61(44-17-9-5-10-18-44)45-19-11-6-12-20-45/h5-32,35-40H,33-34H2,1-4H3;5-34,37-40H,35-36H2,1-4H3. The van der Waals surface area contributed by atoms with E-state index in [1.807, 2.05) is 0 Å². The summed E-state index contributed by atoms with van der Waals surface area (Å²) in [5.41, 5.74) is 31.0. The van der Waals surface area contributed by atoms with Gasteiger partial charge in [0.15, 0.2) is 0 Å². The number of furan rings is 2. The molecule has 24 rings (SSSR count). The van der Waals surface area contributed by atoms with Gasteiger partial charge in [0.2, 0.25) is 0 Å². The molecule has 0 aliphatic heterocycles. The molecule has 2 aromatic heterocycles. The van der Waals surface area contributed by atoms with Crippen LogP contribution in [0.25, 0.3) is 131 Å². The predicted octanol–water partition coefficient (Wildman–Crippen LogP) is 35.9. The van der Waals surface area contributed by atoms with Crippen LogP contribution in [0.3, 0.4) is 0 Å². The van der Waals surface area contributed by atoms with E-state index in [-0.39, 0.29) is 16.7 Å². The highest BCUT2D eigenvalue weighted by Crippen LogP contribution is 2.58. The van der Waals surface area contributed by atoms with Crippen LogP contribution in [-0.2, 0) is 23.7 Å². The second kappa shape index (κ2) is 32.0. The number of para-hydroxylation sites is 6. The second-order valence-electron chi connectivity index (χ2n) is 37.5. The first kappa shape index (κ1) is 79.4. The highest BCUT2D eigenvalue weighted by Gasteiger charge is 2.37. The summed E-state index contributed by atoms with van der Waals surface area (Å²) in [6.45, 7) is 19.2. The Labute approximate surface area is 760 Å². The molecule has 20 aromatic carbocycles. The third-order valence-corrected chi connectivity index (χ3v) is 28.0. The topological polar surface area (TPSA) is 39.2 Å². The van der Waals surface area contributed by atoms with Crippen molar-refractivity contribution in [3.63, 3.8) is 0 Å². The minimum Gasteiger partial charge on any atom is -0.456 e. The fourth-order valence-electron chi connectivity index (χ4n) is 21.5. The summed E-state index contributed by atoms with van der Waals surface area (Å²) in [6.07, 6.45) is 4.22. The van der Waals surface area contributed by atoms with Gasteiger partial charge in [-0.25, -0.2) is 0 Å². The molecule has 2 heterocycles. The number of rotatable bonds is 18. The van der Waals surface area contributed by atoms with Crippen molar-refractivity contribution in [3.8, 4) is 44.9 Å². The van der Waals surface area contributed by atoms with Crippen molar-refractivity contribution < 1.29 is 8.83 Å². The fraction of sp³-hybridized carbons (Fsp3) is 0.129. The lowest BCUT2D eigenvalue weighted by molar-refractivity contribution is 0.475. The first-order chi connectivity index (χ1) is 63.6. The number of hydrogen-bond donors (Lipinski definition) is 0. The Kier molecular flexibility index (Phi) is 19.5. The molecular weight excluding hydrogens is 1580 g/mol.